The van der Waals surface area contributed by atoms with Crippen LogP contribution in [-0.2, 0) is 9.59 Å². The van der Waals surface area contributed by atoms with Gasteiger partial charge in [-0.1, -0.05) is 29.4 Å². The number of thioether (sulfide) groups is 1. The standard InChI is InChI=1S/C25H21BrClN3O4S2/c1-14-4-5-15(2)29(14)30-24(32)22(36-25(30)35)11-16-6-9-20(21(10-16)33-3)34-13-23(31)28-17-7-8-18(26)19(27)12-17/h4-12H,13H2,1-3H3,(H,28,31)/b22-11+. The minimum atomic E-state index is -0.348. The van der Waals surface area contributed by atoms with E-state index in [1.165, 1.54) is 23.9 Å². The van der Waals surface area contributed by atoms with Gasteiger partial charge in [-0.25, -0.2) is 0 Å². The number of carbonyl (C=O) groups excluding carboxylic acids is 2. The van der Waals surface area contributed by atoms with Gasteiger partial charge in [0.2, 0.25) is 0 Å². The molecule has 2 heterocycles. The molecular formula is C25H21BrClN3O4S2. The van der Waals surface area contributed by atoms with Gasteiger partial charge in [0.1, 0.15) is 0 Å². The number of carbonyl (C=O) groups is 2. The summed E-state index contributed by atoms with van der Waals surface area (Å²) in [5, 5.41) is 4.72. The molecule has 1 aromatic heterocycles. The summed E-state index contributed by atoms with van der Waals surface area (Å²) in [6.45, 7) is 3.62. The second-order valence-electron chi connectivity index (χ2n) is 7.80. The predicted octanol–water partition coefficient (Wildman–Crippen LogP) is 6.08. The molecule has 7 nitrogen and oxygen atoms in total. The van der Waals surface area contributed by atoms with Crippen molar-refractivity contribution in [1.82, 2.24) is 4.68 Å². The van der Waals surface area contributed by atoms with E-state index in [0.29, 0.717) is 31.4 Å². The first-order valence-corrected chi connectivity index (χ1v) is 13.1. The van der Waals surface area contributed by atoms with Crippen molar-refractivity contribution in [3.05, 3.63) is 79.9 Å². The Bertz CT molecular complexity index is 1390. The number of hydrogen-bond donors (Lipinski definition) is 1. The first kappa shape index (κ1) is 26.3. The summed E-state index contributed by atoms with van der Waals surface area (Å²) in [5.74, 6) is 0.274. The Morgan fingerprint density at radius 1 is 1.14 bits per heavy atom. The second kappa shape index (κ2) is 11.1. The normalized spacial score (nSPS) is 14.5. The van der Waals surface area contributed by atoms with Crippen LogP contribution in [-0.4, -0.2) is 34.5 Å². The van der Waals surface area contributed by atoms with E-state index < -0.39 is 0 Å². The van der Waals surface area contributed by atoms with E-state index >= 15 is 0 Å². The summed E-state index contributed by atoms with van der Waals surface area (Å²) in [6.07, 6.45) is 1.75. The van der Waals surface area contributed by atoms with Crippen molar-refractivity contribution in [3.8, 4) is 11.5 Å². The van der Waals surface area contributed by atoms with Crippen LogP contribution in [0.1, 0.15) is 17.0 Å². The molecule has 0 spiro atoms. The van der Waals surface area contributed by atoms with E-state index in [9.17, 15) is 9.59 Å². The van der Waals surface area contributed by atoms with Crippen LogP contribution < -0.4 is 19.8 Å². The monoisotopic (exact) mass is 605 g/mol. The van der Waals surface area contributed by atoms with Gasteiger partial charge in [0.05, 0.1) is 17.0 Å². The molecule has 0 radical (unpaired) electrons. The fourth-order valence-corrected chi connectivity index (χ4v) is 5.24. The van der Waals surface area contributed by atoms with Crippen molar-refractivity contribution in [2.75, 3.05) is 24.0 Å². The van der Waals surface area contributed by atoms with Crippen molar-refractivity contribution in [1.29, 1.82) is 0 Å². The highest BCUT2D eigenvalue weighted by Crippen LogP contribution is 2.35. The third kappa shape index (κ3) is 5.62. The van der Waals surface area contributed by atoms with E-state index in [2.05, 4.69) is 21.2 Å². The average molecular weight is 607 g/mol. The number of halogens is 2. The maximum absolute atomic E-state index is 13.1. The quantitative estimate of drug-likeness (QED) is 0.260. The van der Waals surface area contributed by atoms with E-state index in [4.69, 9.17) is 33.3 Å². The van der Waals surface area contributed by atoms with Gasteiger partial charge in [0.15, 0.2) is 22.4 Å². The summed E-state index contributed by atoms with van der Waals surface area (Å²) in [5.41, 5.74) is 3.12. The molecular weight excluding hydrogens is 586 g/mol. The zero-order valence-electron chi connectivity index (χ0n) is 19.5. The summed E-state index contributed by atoms with van der Waals surface area (Å²) < 4.78 is 14.1. The van der Waals surface area contributed by atoms with Crippen molar-refractivity contribution >= 4 is 79.4 Å². The van der Waals surface area contributed by atoms with Crippen LogP contribution in [0.2, 0.25) is 5.02 Å². The SMILES string of the molecule is COc1cc(/C=C2/SC(=S)N(n3c(C)ccc3C)C2=O)ccc1OCC(=O)Nc1ccc(Br)c(Cl)c1. The lowest BCUT2D eigenvalue weighted by Crippen LogP contribution is -2.39. The van der Waals surface area contributed by atoms with Gasteiger partial charge in [-0.3, -0.25) is 14.3 Å². The van der Waals surface area contributed by atoms with Crippen LogP contribution in [0.25, 0.3) is 6.08 Å². The van der Waals surface area contributed by atoms with Crippen molar-refractivity contribution in [3.63, 3.8) is 0 Å². The lowest BCUT2D eigenvalue weighted by atomic mass is 10.2. The lowest BCUT2D eigenvalue weighted by molar-refractivity contribution is -0.118. The molecule has 1 saturated heterocycles. The van der Waals surface area contributed by atoms with E-state index in [-0.39, 0.29) is 18.4 Å². The van der Waals surface area contributed by atoms with Gasteiger partial charge in [0.25, 0.3) is 11.8 Å². The number of nitrogens with one attached hydrogen (secondary N) is 1. The van der Waals surface area contributed by atoms with Gasteiger partial charge in [-0.2, -0.15) is 5.01 Å². The second-order valence-corrected chi connectivity index (χ2v) is 10.7. The maximum atomic E-state index is 13.1. The molecule has 36 heavy (non-hydrogen) atoms. The molecule has 1 aliphatic heterocycles. The minimum Gasteiger partial charge on any atom is -0.493 e. The van der Waals surface area contributed by atoms with Crippen LogP contribution in [0.5, 0.6) is 11.5 Å². The van der Waals surface area contributed by atoms with Crippen molar-refractivity contribution < 1.29 is 19.1 Å². The largest absolute Gasteiger partial charge is 0.493 e. The molecule has 4 rings (SSSR count). The number of nitrogens with zero attached hydrogens (tertiary/aromatic N) is 2. The Morgan fingerprint density at radius 2 is 1.86 bits per heavy atom. The molecule has 0 atom stereocenters. The van der Waals surface area contributed by atoms with E-state index in [0.717, 1.165) is 21.4 Å². The number of benzene rings is 2. The highest BCUT2D eigenvalue weighted by Gasteiger charge is 2.34. The molecule has 11 heteroatoms. The fourth-order valence-electron chi connectivity index (χ4n) is 3.57. The van der Waals surface area contributed by atoms with Gasteiger partial charge < -0.3 is 14.8 Å². The summed E-state index contributed by atoms with van der Waals surface area (Å²) >= 11 is 16.1. The molecule has 1 aliphatic rings. The van der Waals surface area contributed by atoms with Crippen LogP contribution in [0.4, 0.5) is 5.69 Å². The first-order valence-electron chi connectivity index (χ1n) is 10.7. The minimum absolute atomic E-state index is 0.198. The Hall–Kier alpha value is -2.79. The molecule has 1 fully saturated rings. The Kier molecular flexibility index (Phi) is 8.09. The molecule has 0 bridgehead atoms. The van der Waals surface area contributed by atoms with Crippen molar-refractivity contribution in [2.24, 2.45) is 0 Å². The Labute approximate surface area is 231 Å². The molecule has 0 saturated carbocycles. The zero-order chi connectivity index (χ0) is 26.0. The highest BCUT2D eigenvalue weighted by atomic mass is 79.9. The van der Waals surface area contributed by atoms with Gasteiger partial charge >= 0.3 is 0 Å². The Balaban J connectivity index is 1.46. The number of thiocarbonyl (C=S) groups is 1. The highest BCUT2D eigenvalue weighted by molar-refractivity contribution is 9.10. The number of aryl methyl sites for hydroxylation is 2. The third-order valence-corrected chi connectivity index (χ3v) is 7.77. The zero-order valence-corrected chi connectivity index (χ0v) is 23.5. The summed E-state index contributed by atoms with van der Waals surface area (Å²) in [6, 6.07) is 14.2. The number of anilines is 1. The third-order valence-electron chi connectivity index (χ3n) is 5.25. The molecule has 186 valence electrons. The number of amides is 2. The molecule has 3 aromatic rings. The summed E-state index contributed by atoms with van der Waals surface area (Å²) in [4.78, 5) is 25.9. The predicted molar refractivity (Wildman–Crippen MR) is 152 cm³/mol. The van der Waals surface area contributed by atoms with Crippen LogP contribution in [0.3, 0.4) is 0 Å². The number of aromatic nitrogens is 1. The van der Waals surface area contributed by atoms with Crippen LogP contribution in [0.15, 0.2) is 57.9 Å². The van der Waals surface area contributed by atoms with Gasteiger partial charge in [-0.05, 0) is 96.1 Å². The molecule has 1 N–H and O–H groups in total. The van der Waals surface area contributed by atoms with Crippen LogP contribution >= 0.6 is 51.5 Å². The van der Waals surface area contributed by atoms with Crippen molar-refractivity contribution in [2.45, 2.75) is 13.8 Å². The lowest BCUT2D eigenvalue weighted by Gasteiger charge is -2.20. The maximum Gasteiger partial charge on any atom is 0.285 e. The van der Waals surface area contributed by atoms with Gasteiger partial charge in [0, 0.05) is 21.5 Å². The number of hydrogen-bond acceptors (Lipinski definition) is 6. The number of ether oxygens (including phenoxy) is 2. The summed E-state index contributed by atoms with van der Waals surface area (Å²) in [7, 11) is 1.51. The average Bonchev–Trinajstić information content (AvgIpc) is 3.31. The number of methoxy groups -OCH3 is 1. The number of rotatable bonds is 7. The molecule has 0 aliphatic carbocycles. The van der Waals surface area contributed by atoms with Crippen LogP contribution in [0, 0.1) is 13.8 Å². The molecule has 0 unspecified atom stereocenters. The molecule has 2 aromatic carbocycles. The van der Waals surface area contributed by atoms with E-state index in [1.54, 1.807) is 42.5 Å². The Morgan fingerprint density at radius 3 is 2.53 bits per heavy atom. The first-order chi connectivity index (χ1) is 17.2. The topological polar surface area (TPSA) is 72.8 Å². The van der Waals surface area contributed by atoms with E-state index in [1.807, 2.05) is 30.7 Å². The van der Waals surface area contributed by atoms with Gasteiger partial charge in [-0.15, -0.1) is 0 Å². The fraction of sp³-hybridized carbons (Fsp3) is 0.160. The smallest absolute Gasteiger partial charge is 0.285 e. The molecule has 2 amide bonds.